The molecule has 20 heavy (non-hydrogen) atoms. The number of amides is 1. The summed E-state index contributed by atoms with van der Waals surface area (Å²) in [5.74, 6) is -0.142. The highest BCUT2D eigenvalue weighted by atomic mass is 16.3. The summed E-state index contributed by atoms with van der Waals surface area (Å²) in [7, 11) is 0. The second-order valence-corrected chi connectivity index (χ2v) is 5.26. The quantitative estimate of drug-likeness (QED) is 0.775. The number of hydrogen-bond donors (Lipinski definition) is 2. The number of hydrogen-bond acceptors (Lipinski definition) is 3. The molecule has 104 valence electrons. The molecule has 0 heterocycles. The van der Waals surface area contributed by atoms with Crippen LogP contribution in [0.25, 0.3) is 6.08 Å². The summed E-state index contributed by atoms with van der Waals surface area (Å²) in [5, 5.41) is 20.6. The predicted octanol–water partition coefficient (Wildman–Crippen LogP) is 1.85. The van der Waals surface area contributed by atoms with E-state index >= 15 is 0 Å². The molecular formula is C16H18N2O2. The van der Waals surface area contributed by atoms with E-state index in [4.69, 9.17) is 10.4 Å². The van der Waals surface area contributed by atoms with Gasteiger partial charge < -0.3 is 10.4 Å². The molecule has 0 spiro atoms. The molecule has 1 saturated carbocycles. The first kappa shape index (κ1) is 14.3. The maximum Gasteiger partial charge on any atom is 0.244 e. The Hall–Kier alpha value is -2.12. The van der Waals surface area contributed by atoms with Crippen LogP contribution in [-0.2, 0) is 4.79 Å². The summed E-state index contributed by atoms with van der Waals surface area (Å²) >= 11 is 0. The minimum Gasteiger partial charge on any atom is -0.396 e. The largest absolute Gasteiger partial charge is 0.396 e. The van der Waals surface area contributed by atoms with Crippen molar-refractivity contribution in [3.63, 3.8) is 0 Å². The Morgan fingerprint density at radius 1 is 1.50 bits per heavy atom. The zero-order valence-corrected chi connectivity index (χ0v) is 11.3. The number of nitrogens with one attached hydrogen (secondary N) is 1. The van der Waals surface area contributed by atoms with Crippen LogP contribution < -0.4 is 5.32 Å². The van der Waals surface area contributed by atoms with Crippen molar-refractivity contribution in [1.29, 1.82) is 5.26 Å². The SMILES string of the molecule is N#Cc1cccc(/C=C/C(=O)NCC2(CCO)CC2)c1. The molecule has 1 aliphatic carbocycles. The highest BCUT2D eigenvalue weighted by molar-refractivity contribution is 5.91. The summed E-state index contributed by atoms with van der Waals surface area (Å²) in [6.07, 6.45) is 6.07. The van der Waals surface area contributed by atoms with Crippen molar-refractivity contribution in [1.82, 2.24) is 5.32 Å². The molecule has 2 N–H and O–H groups in total. The Morgan fingerprint density at radius 2 is 2.30 bits per heavy atom. The molecule has 0 unspecified atom stereocenters. The van der Waals surface area contributed by atoms with Crippen molar-refractivity contribution in [3.05, 3.63) is 41.5 Å². The lowest BCUT2D eigenvalue weighted by molar-refractivity contribution is -0.116. The first-order chi connectivity index (χ1) is 9.67. The lowest BCUT2D eigenvalue weighted by atomic mass is 10.0. The van der Waals surface area contributed by atoms with Crippen molar-refractivity contribution < 1.29 is 9.90 Å². The third-order valence-electron chi connectivity index (χ3n) is 3.68. The van der Waals surface area contributed by atoms with Gasteiger partial charge in [-0.15, -0.1) is 0 Å². The van der Waals surface area contributed by atoms with Gasteiger partial charge in [0.1, 0.15) is 0 Å². The molecular weight excluding hydrogens is 252 g/mol. The second-order valence-electron chi connectivity index (χ2n) is 5.26. The Bertz CT molecular complexity index is 554. The zero-order valence-electron chi connectivity index (χ0n) is 11.3. The van der Waals surface area contributed by atoms with Crippen molar-refractivity contribution in [2.24, 2.45) is 5.41 Å². The Kier molecular flexibility index (Phi) is 4.54. The van der Waals surface area contributed by atoms with Gasteiger partial charge in [-0.25, -0.2) is 0 Å². The van der Waals surface area contributed by atoms with Gasteiger partial charge in [0.25, 0.3) is 0 Å². The summed E-state index contributed by atoms with van der Waals surface area (Å²) in [4.78, 5) is 11.7. The standard InChI is InChI=1S/C16H18N2O2/c17-11-14-3-1-2-13(10-14)4-5-15(20)18-12-16(6-7-16)8-9-19/h1-5,10,19H,6-9,12H2,(H,18,20)/b5-4+. The third kappa shape index (κ3) is 3.94. The fourth-order valence-electron chi connectivity index (χ4n) is 2.15. The van der Waals surface area contributed by atoms with Gasteiger partial charge in [0.05, 0.1) is 11.6 Å². The topological polar surface area (TPSA) is 73.1 Å². The maximum absolute atomic E-state index is 11.7. The van der Waals surface area contributed by atoms with Crippen molar-refractivity contribution in [2.75, 3.05) is 13.2 Å². The van der Waals surface area contributed by atoms with Gasteiger partial charge in [0, 0.05) is 19.2 Å². The average molecular weight is 270 g/mol. The normalized spacial score (nSPS) is 15.8. The number of aliphatic hydroxyl groups excluding tert-OH is 1. The van der Waals surface area contributed by atoms with E-state index in [1.165, 1.54) is 6.08 Å². The van der Waals surface area contributed by atoms with E-state index in [9.17, 15) is 4.79 Å². The monoisotopic (exact) mass is 270 g/mol. The number of rotatable bonds is 6. The van der Waals surface area contributed by atoms with Gasteiger partial charge in [-0.3, -0.25) is 4.79 Å². The van der Waals surface area contributed by atoms with Gasteiger partial charge in [0.15, 0.2) is 0 Å². The van der Waals surface area contributed by atoms with Gasteiger partial charge in [0.2, 0.25) is 5.91 Å². The number of nitriles is 1. The van der Waals surface area contributed by atoms with E-state index in [0.29, 0.717) is 12.1 Å². The van der Waals surface area contributed by atoms with Crippen LogP contribution in [0.15, 0.2) is 30.3 Å². The molecule has 0 bridgehead atoms. The van der Waals surface area contributed by atoms with E-state index in [1.807, 2.05) is 6.07 Å². The predicted molar refractivity (Wildman–Crippen MR) is 76.6 cm³/mol. The molecule has 0 aromatic heterocycles. The van der Waals surface area contributed by atoms with Gasteiger partial charge >= 0.3 is 0 Å². The molecule has 0 atom stereocenters. The summed E-state index contributed by atoms with van der Waals surface area (Å²) in [6, 6.07) is 9.16. The smallest absolute Gasteiger partial charge is 0.244 e. The number of carbonyl (C=O) groups is 1. The maximum atomic E-state index is 11.7. The van der Waals surface area contributed by atoms with Crippen LogP contribution in [0.2, 0.25) is 0 Å². The van der Waals surface area contributed by atoms with E-state index < -0.39 is 0 Å². The number of nitrogens with zero attached hydrogens (tertiary/aromatic N) is 1. The van der Waals surface area contributed by atoms with Crippen molar-refractivity contribution in [2.45, 2.75) is 19.3 Å². The molecule has 1 fully saturated rings. The van der Waals surface area contributed by atoms with Crippen molar-refractivity contribution in [3.8, 4) is 6.07 Å². The Labute approximate surface area is 118 Å². The average Bonchev–Trinajstić information content (AvgIpc) is 3.24. The molecule has 0 saturated heterocycles. The molecule has 1 aliphatic rings. The van der Waals surface area contributed by atoms with Crippen LogP contribution >= 0.6 is 0 Å². The first-order valence-corrected chi connectivity index (χ1v) is 6.74. The number of carbonyl (C=O) groups excluding carboxylic acids is 1. The van der Waals surface area contributed by atoms with E-state index in [0.717, 1.165) is 24.8 Å². The highest BCUT2D eigenvalue weighted by Crippen LogP contribution is 2.47. The Balaban J connectivity index is 1.85. The molecule has 1 aromatic rings. The molecule has 1 amide bonds. The van der Waals surface area contributed by atoms with Crippen LogP contribution in [0.5, 0.6) is 0 Å². The minimum atomic E-state index is -0.142. The van der Waals surface area contributed by atoms with Gasteiger partial charge in [-0.05, 0) is 48.4 Å². The van der Waals surface area contributed by atoms with Crippen LogP contribution in [-0.4, -0.2) is 24.2 Å². The Morgan fingerprint density at radius 3 is 2.95 bits per heavy atom. The van der Waals surface area contributed by atoms with Crippen LogP contribution in [0, 0.1) is 16.7 Å². The highest BCUT2D eigenvalue weighted by Gasteiger charge is 2.41. The van der Waals surface area contributed by atoms with E-state index in [-0.39, 0.29) is 17.9 Å². The first-order valence-electron chi connectivity index (χ1n) is 6.74. The summed E-state index contributed by atoms with van der Waals surface area (Å²) < 4.78 is 0. The summed E-state index contributed by atoms with van der Waals surface area (Å²) in [5.41, 5.74) is 1.53. The number of benzene rings is 1. The van der Waals surface area contributed by atoms with Crippen molar-refractivity contribution >= 4 is 12.0 Å². The minimum absolute atomic E-state index is 0.124. The van der Waals surface area contributed by atoms with E-state index in [1.54, 1.807) is 24.3 Å². The molecule has 0 aliphatic heterocycles. The van der Waals surface area contributed by atoms with E-state index in [2.05, 4.69) is 11.4 Å². The fraction of sp³-hybridized carbons (Fsp3) is 0.375. The molecule has 1 aromatic carbocycles. The second kappa shape index (κ2) is 6.36. The zero-order chi connectivity index (χ0) is 14.4. The van der Waals surface area contributed by atoms with Crippen LogP contribution in [0.3, 0.4) is 0 Å². The van der Waals surface area contributed by atoms with Crippen LogP contribution in [0.1, 0.15) is 30.4 Å². The van der Waals surface area contributed by atoms with Crippen LogP contribution in [0.4, 0.5) is 0 Å². The molecule has 0 radical (unpaired) electrons. The molecule has 2 rings (SSSR count). The number of aliphatic hydroxyl groups is 1. The lowest BCUT2D eigenvalue weighted by Gasteiger charge is -2.13. The van der Waals surface area contributed by atoms with Gasteiger partial charge in [-0.1, -0.05) is 12.1 Å². The summed E-state index contributed by atoms with van der Waals surface area (Å²) in [6.45, 7) is 0.793. The lowest BCUT2D eigenvalue weighted by Crippen LogP contribution is -2.29. The third-order valence-corrected chi connectivity index (χ3v) is 3.68. The fourth-order valence-corrected chi connectivity index (χ4v) is 2.15. The molecule has 4 heteroatoms. The van der Waals surface area contributed by atoms with Gasteiger partial charge in [-0.2, -0.15) is 5.26 Å². The molecule has 4 nitrogen and oxygen atoms in total.